The Morgan fingerprint density at radius 2 is 1.34 bits per heavy atom. The maximum Gasteiger partial charge on any atom is 0.105 e. The number of pyridine rings is 1. The third kappa shape index (κ3) is 4.91. The van der Waals surface area contributed by atoms with Gasteiger partial charge in [-0.1, -0.05) is 115 Å². The molecule has 0 amide bonds. The lowest BCUT2D eigenvalue weighted by Crippen LogP contribution is -2.29. The van der Waals surface area contributed by atoms with Crippen molar-refractivity contribution in [3.8, 4) is 11.3 Å². The Morgan fingerprint density at radius 1 is 0.684 bits per heavy atom. The highest BCUT2D eigenvalue weighted by molar-refractivity contribution is 5.64. The van der Waals surface area contributed by atoms with Crippen LogP contribution in [0.25, 0.3) is 11.3 Å². The van der Waals surface area contributed by atoms with E-state index in [2.05, 4.69) is 151 Å². The zero-order valence-electron chi connectivity index (χ0n) is 22.0. The van der Waals surface area contributed by atoms with Crippen LogP contribution >= 0.6 is 0 Å². The average Bonchev–Trinajstić information content (AvgIpc) is 3.35. The first kappa shape index (κ1) is 24.3. The summed E-state index contributed by atoms with van der Waals surface area (Å²) in [6.07, 6.45) is -0.0457. The van der Waals surface area contributed by atoms with E-state index in [9.17, 15) is 0 Å². The molecule has 0 saturated carbocycles. The van der Waals surface area contributed by atoms with E-state index in [0.717, 1.165) is 17.9 Å². The van der Waals surface area contributed by atoms with E-state index in [4.69, 9.17) is 4.98 Å². The Kier molecular flexibility index (Phi) is 6.87. The molecule has 0 bridgehead atoms. The predicted octanol–water partition coefficient (Wildman–Crippen LogP) is 7.95. The van der Waals surface area contributed by atoms with Gasteiger partial charge in [0.2, 0.25) is 0 Å². The molecule has 0 aliphatic carbocycles. The van der Waals surface area contributed by atoms with Crippen LogP contribution in [0, 0.1) is 13.8 Å². The third-order valence-electron chi connectivity index (χ3n) is 7.57. The highest BCUT2D eigenvalue weighted by Crippen LogP contribution is 2.46. The number of benzene rings is 4. The second-order valence-corrected chi connectivity index (χ2v) is 10.2. The molecule has 1 aliphatic heterocycles. The SMILES string of the molecule is Cc1ccc(C)c(-c2cccc([C@@H]3N[C@@H](c4ccccc4)[C@H](c4ccccc4)N3Cc3ccccc3)n2)c1. The Morgan fingerprint density at radius 3 is 2.05 bits per heavy atom. The van der Waals surface area contributed by atoms with Gasteiger partial charge in [-0.15, -0.1) is 0 Å². The zero-order chi connectivity index (χ0) is 25.9. The highest BCUT2D eigenvalue weighted by Gasteiger charge is 2.43. The molecule has 6 rings (SSSR count). The van der Waals surface area contributed by atoms with Gasteiger partial charge in [0.25, 0.3) is 0 Å². The van der Waals surface area contributed by atoms with Crippen LogP contribution in [0.4, 0.5) is 0 Å². The largest absolute Gasteiger partial charge is 0.288 e. The van der Waals surface area contributed by atoms with Gasteiger partial charge in [-0.05, 0) is 54.3 Å². The van der Waals surface area contributed by atoms with Gasteiger partial charge in [0.05, 0.1) is 23.5 Å². The van der Waals surface area contributed by atoms with Crippen LogP contribution in [0.15, 0.2) is 127 Å². The lowest BCUT2D eigenvalue weighted by molar-refractivity contribution is 0.173. The van der Waals surface area contributed by atoms with E-state index in [-0.39, 0.29) is 18.2 Å². The normalized spacial score (nSPS) is 19.5. The van der Waals surface area contributed by atoms with Gasteiger partial charge in [-0.3, -0.25) is 10.2 Å². The first-order valence-electron chi connectivity index (χ1n) is 13.4. The van der Waals surface area contributed by atoms with Crippen molar-refractivity contribution in [2.75, 3.05) is 0 Å². The summed E-state index contributed by atoms with van der Waals surface area (Å²) in [6.45, 7) is 5.12. The fraction of sp³-hybridized carbons (Fsp3) is 0.171. The molecule has 0 spiro atoms. The standard InChI is InChI=1S/C35H33N3/c1-25-21-22-26(2)30(23-25)31-19-12-20-32(36-31)35-37-33(28-15-8-4-9-16-28)34(29-17-10-5-11-18-29)38(35)24-27-13-6-3-7-14-27/h3-23,33-35,37H,24H2,1-2H3/t33-,34-,35+/m0/s1. The van der Waals surface area contributed by atoms with Gasteiger partial charge < -0.3 is 0 Å². The first-order chi connectivity index (χ1) is 18.7. The van der Waals surface area contributed by atoms with Crippen molar-refractivity contribution in [1.82, 2.24) is 15.2 Å². The number of aryl methyl sites for hydroxylation is 2. The smallest absolute Gasteiger partial charge is 0.105 e. The summed E-state index contributed by atoms with van der Waals surface area (Å²) in [6, 6.07) is 45.8. The Hall–Kier alpha value is -4.05. The minimum atomic E-state index is -0.0457. The lowest BCUT2D eigenvalue weighted by Gasteiger charge is -2.31. The topological polar surface area (TPSA) is 28.2 Å². The average molecular weight is 496 g/mol. The Bertz CT molecular complexity index is 1500. The molecular formula is C35H33N3. The number of nitrogens with zero attached hydrogens (tertiary/aromatic N) is 2. The quantitative estimate of drug-likeness (QED) is 0.259. The summed E-state index contributed by atoms with van der Waals surface area (Å²) in [5.74, 6) is 0. The molecule has 3 nitrogen and oxygen atoms in total. The summed E-state index contributed by atoms with van der Waals surface area (Å²) < 4.78 is 0. The zero-order valence-corrected chi connectivity index (χ0v) is 22.0. The molecule has 1 fully saturated rings. The van der Waals surface area contributed by atoms with Crippen molar-refractivity contribution in [2.24, 2.45) is 0 Å². The van der Waals surface area contributed by atoms with Crippen LogP contribution in [0.5, 0.6) is 0 Å². The summed E-state index contributed by atoms with van der Waals surface area (Å²) in [7, 11) is 0. The second kappa shape index (κ2) is 10.7. The van der Waals surface area contributed by atoms with Crippen LogP contribution in [-0.2, 0) is 6.54 Å². The summed E-state index contributed by atoms with van der Waals surface area (Å²) >= 11 is 0. The molecule has 2 heterocycles. The molecular weight excluding hydrogens is 462 g/mol. The molecule has 4 aromatic carbocycles. The summed E-state index contributed by atoms with van der Waals surface area (Å²) in [5, 5.41) is 4.01. The van der Waals surface area contributed by atoms with E-state index in [1.807, 2.05) is 0 Å². The molecule has 3 atom stereocenters. The molecule has 1 aliphatic rings. The van der Waals surface area contributed by atoms with Crippen LogP contribution in [0.2, 0.25) is 0 Å². The van der Waals surface area contributed by atoms with Crippen molar-refractivity contribution in [2.45, 2.75) is 38.6 Å². The highest BCUT2D eigenvalue weighted by atomic mass is 15.4. The Balaban J connectivity index is 1.47. The molecule has 188 valence electrons. The monoisotopic (exact) mass is 495 g/mol. The Labute approximate surface area is 225 Å². The van der Waals surface area contributed by atoms with E-state index in [1.165, 1.54) is 33.4 Å². The van der Waals surface area contributed by atoms with E-state index >= 15 is 0 Å². The molecule has 0 radical (unpaired) electrons. The summed E-state index contributed by atoms with van der Waals surface area (Å²) in [4.78, 5) is 7.85. The fourth-order valence-electron chi connectivity index (χ4n) is 5.69. The summed E-state index contributed by atoms with van der Waals surface area (Å²) in [5.41, 5.74) is 9.62. The second-order valence-electron chi connectivity index (χ2n) is 10.2. The number of rotatable bonds is 6. The fourth-order valence-corrected chi connectivity index (χ4v) is 5.69. The van der Waals surface area contributed by atoms with Gasteiger partial charge >= 0.3 is 0 Å². The van der Waals surface area contributed by atoms with E-state index in [1.54, 1.807) is 0 Å². The van der Waals surface area contributed by atoms with Gasteiger partial charge in [-0.25, -0.2) is 4.98 Å². The van der Waals surface area contributed by atoms with Crippen LogP contribution in [0.3, 0.4) is 0 Å². The van der Waals surface area contributed by atoms with Crippen LogP contribution in [0.1, 0.15) is 51.8 Å². The maximum absolute atomic E-state index is 5.27. The molecule has 1 N–H and O–H groups in total. The minimum absolute atomic E-state index is 0.0457. The first-order valence-corrected chi connectivity index (χ1v) is 13.4. The molecule has 1 aromatic heterocycles. The van der Waals surface area contributed by atoms with Crippen LogP contribution < -0.4 is 5.32 Å². The van der Waals surface area contributed by atoms with Gasteiger partial charge in [0, 0.05) is 12.1 Å². The van der Waals surface area contributed by atoms with Crippen molar-refractivity contribution < 1.29 is 0 Å². The minimum Gasteiger partial charge on any atom is -0.288 e. The van der Waals surface area contributed by atoms with Gasteiger partial charge in [0.1, 0.15) is 6.17 Å². The van der Waals surface area contributed by atoms with Gasteiger partial charge in [-0.2, -0.15) is 0 Å². The molecule has 1 saturated heterocycles. The van der Waals surface area contributed by atoms with E-state index in [0.29, 0.717) is 0 Å². The van der Waals surface area contributed by atoms with Crippen molar-refractivity contribution in [3.05, 3.63) is 161 Å². The number of hydrogen-bond donors (Lipinski definition) is 1. The van der Waals surface area contributed by atoms with Crippen molar-refractivity contribution >= 4 is 0 Å². The van der Waals surface area contributed by atoms with Crippen LogP contribution in [-0.4, -0.2) is 9.88 Å². The predicted molar refractivity (Wildman–Crippen MR) is 155 cm³/mol. The van der Waals surface area contributed by atoms with Crippen molar-refractivity contribution in [1.29, 1.82) is 0 Å². The third-order valence-corrected chi connectivity index (χ3v) is 7.57. The number of nitrogens with one attached hydrogen (secondary N) is 1. The number of aromatic nitrogens is 1. The maximum atomic E-state index is 5.27. The molecule has 0 unspecified atom stereocenters. The van der Waals surface area contributed by atoms with Crippen molar-refractivity contribution in [3.63, 3.8) is 0 Å². The number of hydrogen-bond acceptors (Lipinski definition) is 3. The molecule has 3 heteroatoms. The van der Waals surface area contributed by atoms with Gasteiger partial charge in [0.15, 0.2) is 0 Å². The lowest BCUT2D eigenvalue weighted by atomic mass is 9.93. The molecule has 38 heavy (non-hydrogen) atoms. The van der Waals surface area contributed by atoms with E-state index < -0.39 is 0 Å². The molecule has 5 aromatic rings.